The molecule has 0 fully saturated rings. The standard InChI is InChI=1S/C24H19FI2N2O4S/c1-4-33-23(31)19-12(2)28-24-29(20(19)14-5-7-15(25)8-6-14)22(30)18(34-24)11-13-9-16(26)21(32-3)17(27)10-13/h5-11,20H,4H2,1-3H3/b18-11-/t20-/m1/s1. The maximum absolute atomic E-state index is 13.6. The van der Waals surface area contributed by atoms with E-state index in [2.05, 4.69) is 50.2 Å². The van der Waals surface area contributed by atoms with Gasteiger partial charge in [-0.1, -0.05) is 23.5 Å². The summed E-state index contributed by atoms with van der Waals surface area (Å²) in [6.45, 7) is 3.62. The maximum atomic E-state index is 13.6. The van der Waals surface area contributed by atoms with Crippen LogP contribution in [0, 0.1) is 13.0 Å². The lowest BCUT2D eigenvalue weighted by atomic mass is 9.96. The molecule has 6 nitrogen and oxygen atoms in total. The fourth-order valence-corrected chi connectivity index (χ4v) is 7.06. The molecular formula is C24H19FI2N2O4S. The van der Waals surface area contributed by atoms with E-state index in [1.807, 2.05) is 12.1 Å². The second-order valence-electron chi connectivity index (χ2n) is 7.37. The molecule has 0 saturated carbocycles. The Morgan fingerprint density at radius 3 is 2.47 bits per heavy atom. The molecule has 0 amide bonds. The highest BCUT2D eigenvalue weighted by atomic mass is 127. The van der Waals surface area contributed by atoms with E-state index in [0.29, 0.717) is 20.6 Å². The zero-order valence-corrected chi connectivity index (χ0v) is 23.5. The Labute approximate surface area is 226 Å². The van der Waals surface area contributed by atoms with E-state index in [9.17, 15) is 14.0 Å². The van der Waals surface area contributed by atoms with Crippen LogP contribution in [0.5, 0.6) is 5.75 Å². The number of carbonyl (C=O) groups excluding carboxylic acids is 1. The van der Waals surface area contributed by atoms with Crippen molar-refractivity contribution in [2.75, 3.05) is 13.7 Å². The van der Waals surface area contributed by atoms with Crippen molar-refractivity contribution in [2.24, 2.45) is 4.99 Å². The van der Waals surface area contributed by atoms with E-state index in [1.54, 1.807) is 39.2 Å². The molecule has 1 atom stereocenters. The summed E-state index contributed by atoms with van der Waals surface area (Å²) in [5.74, 6) is -0.171. The van der Waals surface area contributed by atoms with Crippen LogP contribution in [0.4, 0.5) is 4.39 Å². The van der Waals surface area contributed by atoms with Crippen LogP contribution in [0.25, 0.3) is 6.08 Å². The van der Waals surface area contributed by atoms with Gasteiger partial charge in [-0.05, 0) is 100 Å². The monoisotopic (exact) mass is 704 g/mol. The molecule has 0 aliphatic carbocycles. The lowest BCUT2D eigenvalue weighted by molar-refractivity contribution is -0.139. The Bertz CT molecular complexity index is 1470. The molecule has 1 aliphatic rings. The number of rotatable bonds is 5. The number of ether oxygens (including phenoxy) is 2. The van der Waals surface area contributed by atoms with Crippen LogP contribution in [0.15, 0.2) is 57.5 Å². The number of methoxy groups -OCH3 is 1. The molecule has 2 heterocycles. The fraction of sp³-hybridized carbons (Fsp3) is 0.208. The molecule has 0 saturated heterocycles. The van der Waals surface area contributed by atoms with E-state index >= 15 is 0 Å². The average Bonchev–Trinajstić information content (AvgIpc) is 3.08. The number of halogens is 3. The van der Waals surface area contributed by atoms with Crippen LogP contribution >= 0.6 is 56.5 Å². The number of hydrogen-bond acceptors (Lipinski definition) is 6. The first-order valence-corrected chi connectivity index (χ1v) is 13.2. The minimum Gasteiger partial charge on any atom is -0.495 e. The normalized spacial score (nSPS) is 15.7. The molecular weight excluding hydrogens is 685 g/mol. The zero-order chi connectivity index (χ0) is 24.6. The van der Waals surface area contributed by atoms with Crippen molar-refractivity contribution < 1.29 is 18.7 Å². The molecule has 1 aliphatic heterocycles. The Balaban J connectivity index is 1.94. The molecule has 34 heavy (non-hydrogen) atoms. The molecule has 2 aromatic carbocycles. The third-order valence-electron chi connectivity index (χ3n) is 5.23. The minimum absolute atomic E-state index is 0.185. The van der Waals surface area contributed by atoms with Gasteiger partial charge in [0.1, 0.15) is 11.6 Å². The molecule has 10 heteroatoms. The number of allylic oxidation sites excluding steroid dienone is 1. The number of fused-ring (bicyclic) bond motifs is 1. The lowest BCUT2D eigenvalue weighted by Crippen LogP contribution is -2.39. The molecule has 3 aromatic rings. The van der Waals surface area contributed by atoms with Gasteiger partial charge in [-0.25, -0.2) is 14.2 Å². The summed E-state index contributed by atoms with van der Waals surface area (Å²) in [4.78, 5) is 31.5. The first kappa shape index (κ1) is 25.0. The van der Waals surface area contributed by atoms with Gasteiger partial charge in [-0.15, -0.1) is 0 Å². The van der Waals surface area contributed by atoms with Crippen LogP contribution < -0.4 is 19.6 Å². The Morgan fingerprint density at radius 1 is 1.24 bits per heavy atom. The van der Waals surface area contributed by atoms with Crippen molar-refractivity contribution >= 4 is 68.6 Å². The van der Waals surface area contributed by atoms with E-state index in [1.165, 1.54) is 28.0 Å². The molecule has 176 valence electrons. The Hall–Kier alpha value is -2.06. The van der Waals surface area contributed by atoms with Gasteiger partial charge in [0.2, 0.25) is 0 Å². The van der Waals surface area contributed by atoms with Crippen LogP contribution in [0.3, 0.4) is 0 Å². The zero-order valence-electron chi connectivity index (χ0n) is 18.4. The third-order valence-corrected chi connectivity index (χ3v) is 7.81. The summed E-state index contributed by atoms with van der Waals surface area (Å²) in [5, 5.41) is 0. The number of nitrogens with zero attached hydrogens (tertiary/aromatic N) is 2. The largest absolute Gasteiger partial charge is 0.495 e. The van der Waals surface area contributed by atoms with Gasteiger partial charge in [-0.2, -0.15) is 0 Å². The first-order valence-electron chi connectivity index (χ1n) is 10.2. The van der Waals surface area contributed by atoms with Crippen molar-refractivity contribution in [3.8, 4) is 5.75 Å². The number of benzene rings is 2. The molecule has 4 rings (SSSR count). The van der Waals surface area contributed by atoms with E-state index in [0.717, 1.165) is 18.5 Å². The van der Waals surface area contributed by atoms with Crippen molar-refractivity contribution in [3.63, 3.8) is 0 Å². The molecule has 1 aromatic heterocycles. The van der Waals surface area contributed by atoms with Crippen molar-refractivity contribution in [1.82, 2.24) is 4.57 Å². The van der Waals surface area contributed by atoms with E-state index in [4.69, 9.17) is 9.47 Å². The fourth-order valence-electron chi connectivity index (χ4n) is 3.76. The van der Waals surface area contributed by atoms with E-state index in [-0.39, 0.29) is 17.7 Å². The van der Waals surface area contributed by atoms with Gasteiger partial charge in [0, 0.05) is 0 Å². The minimum atomic E-state index is -0.769. The summed E-state index contributed by atoms with van der Waals surface area (Å²) in [7, 11) is 1.62. The van der Waals surface area contributed by atoms with Crippen LogP contribution in [0.1, 0.15) is 31.0 Å². The van der Waals surface area contributed by atoms with Gasteiger partial charge < -0.3 is 9.47 Å². The molecule has 0 bridgehead atoms. The number of carbonyl (C=O) groups is 1. The molecule has 0 radical (unpaired) electrons. The third kappa shape index (κ3) is 4.71. The van der Waals surface area contributed by atoms with Crippen LogP contribution in [0.2, 0.25) is 0 Å². The summed E-state index contributed by atoms with van der Waals surface area (Å²) >= 11 is 5.64. The van der Waals surface area contributed by atoms with Gasteiger partial charge in [-0.3, -0.25) is 9.36 Å². The lowest BCUT2D eigenvalue weighted by Gasteiger charge is -2.24. The summed E-state index contributed by atoms with van der Waals surface area (Å²) in [5.41, 5.74) is 1.89. The van der Waals surface area contributed by atoms with Gasteiger partial charge in [0.15, 0.2) is 4.80 Å². The average molecular weight is 704 g/mol. The van der Waals surface area contributed by atoms with Crippen LogP contribution in [-0.4, -0.2) is 24.3 Å². The van der Waals surface area contributed by atoms with E-state index < -0.39 is 17.8 Å². The van der Waals surface area contributed by atoms with Gasteiger partial charge in [0.05, 0.1) is 42.7 Å². The number of aromatic nitrogens is 1. The smallest absolute Gasteiger partial charge is 0.338 e. The van der Waals surface area contributed by atoms with Crippen molar-refractivity contribution in [3.05, 3.63) is 91.4 Å². The van der Waals surface area contributed by atoms with Crippen molar-refractivity contribution in [1.29, 1.82) is 0 Å². The predicted molar refractivity (Wildman–Crippen MR) is 145 cm³/mol. The van der Waals surface area contributed by atoms with Crippen molar-refractivity contribution in [2.45, 2.75) is 19.9 Å². The maximum Gasteiger partial charge on any atom is 0.338 e. The first-order chi connectivity index (χ1) is 16.2. The second kappa shape index (κ2) is 10.3. The molecule has 0 spiro atoms. The molecule has 0 N–H and O–H groups in total. The highest BCUT2D eigenvalue weighted by Gasteiger charge is 2.33. The molecule has 0 unspecified atom stereocenters. The van der Waals surface area contributed by atoms with Crippen LogP contribution in [-0.2, 0) is 9.53 Å². The summed E-state index contributed by atoms with van der Waals surface area (Å²) < 4.78 is 28.2. The number of hydrogen-bond donors (Lipinski definition) is 0. The predicted octanol–water partition coefficient (Wildman–Crippen LogP) is 4.16. The Morgan fingerprint density at radius 2 is 1.88 bits per heavy atom. The highest BCUT2D eigenvalue weighted by molar-refractivity contribution is 14.1. The second-order valence-corrected chi connectivity index (χ2v) is 10.7. The quantitative estimate of drug-likeness (QED) is 0.296. The highest BCUT2D eigenvalue weighted by Crippen LogP contribution is 2.31. The Kier molecular flexibility index (Phi) is 7.57. The SMILES string of the molecule is CCOC(=O)C1=C(C)N=c2s/c(=C\c3cc(I)c(OC)c(I)c3)c(=O)n2[C@@H]1c1ccc(F)cc1. The number of esters is 1. The number of thiazole rings is 1. The summed E-state index contributed by atoms with van der Waals surface area (Å²) in [6, 6.07) is 8.87. The van der Waals surface area contributed by atoms with Gasteiger partial charge in [0.25, 0.3) is 5.56 Å². The topological polar surface area (TPSA) is 69.9 Å². The summed E-state index contributed by atoms with van der Waals surface area (Å²) in [6.07, 6.45) is 1.80. The van der Waals surface area contributed by atoms with Gasteiger partial charge >= 0.3 is 5.97 Å².